The lowest BCUT2D eigenvalue weighted by atomic mass is 9.63. The van der Waals surface area contributed by atoms with E-state index in [0.29, 0.717) is 25.1 Å². The molecule has 1 aliphatic carbocycles. The fourth-order valence-electron chi connectivity index (χ4n) is 3.58. The number of carbonyl (C=O) groups is 2. The van der Waals surface area contributed by atoms with Gasteiger partial charge in [-0.25, -0.2) is 0 Å². The number of hydrogen-bond donors (Lipinski definition) is 0. The second kappa shape index (κ2) is 4.84. The van der Waals surface area contributed by atoms with Gasteiger partial charge in [-0.15, -0.1) is 0 Å². The summed E-state index contributed by atoms with van der Waals surface area (Å²) in [6, 6.07) is 5.38. The number of ketones is 1. The lowest BCUT2D eigenvalue weighted by Crippen LogP contribution is -2.62. The number of benzene rings is 1. The van der Waals surface area contributed by atoms with Crippen LogP contribution in [0.25, 0.3) is 0 Å². The fourth-order valence-corrected chi connectivity index (χ4v) is 3.58. The summed E-state index contributed by atoms with van der Waals surface area (Å²) in [4.78, 5) is 27.4. The highest BCUT2D eigenvalue weighted by molar-refractivity contribution is 6.13. The standard InChI is InChI=1S/C16H19NO4/c1-17-7-6-16(15(19)21-3)12-9-11(20-2)5-4-10(12)8-13(17)14(16)18/h4-5,9,13H,6-8H2,1-3H3. The topological polar surface area (TPSA) is 55.8 Å². The SMILES string of the molecule is COC(=O)C12CCN(C)C(Cc3ccc(OC)cc31)C2=O. The number of hydrogen-bond acceptors (Lipinski definition) is 5. The van der Waals surface area contributed by atoms with Gasteiger partial charge < -0.3 is 9.47 Å². The second-order valence-corrected chi connectivity index (χ2v) is 5.73. The lowest BCUT2D eigenvalue weighted by molar-refractivity contribution is -0.157. The minimum absolute atomic E-state index is 0.0520. The monoisotopic (exact) mass is 289 g/mol. The molecule has 1 fully saturated rings. The highest BCUT2D eigenvalue weighted by Crippen LogP contribution is 2.44. The molecule has 1 aliphatic heterocycles. The molecule has 2 bridgehead atoms. The Morgan fingerprint density at radius 1 is 1.38 bits per heavy atom. The van der Waals surface area contributed by atoms with E-state index in [1.54, 1.807) is 7.11 Å². The molecule has 0 spiro atoms. The lowest BCUT2D eigenvalue weighted by Gasteiger charge is -2.46. The quantitative estimate of drug-likeness (QED) is 0.599. The zero-order valence-electron chi connectivity index (χ0n) is 12.5. The zero-order valence-corrected chi connectivity index (χ0v) is 12.5. The number of fused-ring (bicyclic) bond motifs is 4. The van der Waals surface area contributed by atoms with Gasteiger partial charge in [0.05, 0.1) is 20.3 Å². The van der Waals surface area contributed by atoms with Crippen molar-refractivity contribution >= 4 is 11.8 Å². The third-order valence-electron chi connectivity index (χ3n) is 4.82. The van der Waals surface area contributed by atoms with Crippen LogP contribution in [-0.4, -0.2) is 50.5 Å². The molecule has 1 saturated heterocycles. The van der Waals surface area contributed by atoms with Gasteiger partial charge in [0, 0.05) is 6.54 Å². The molecular formula is C16H19NO4. The van der Waals surface area contributed by atoms with Crippen molar-refractivity contribution in [1.29, 1.82) is 0 Å². The maximum absolute atomic E-state index is 12.9. The Balaban J connectivity index is 2.24. The van der Waals surface area contributed by atoms with Gasteiger partial charge in [0.2, 0.25) is 0 Å². The predicted octanol–water partition coefficient (Wildman–Crippen LogP) is 0.935. The molecule has 5 nitrogen and oxygen atoms in total. The van der Waals surface area contributed by atoms with Crippen LogP contribution in [0.5, 0.6) is 5.75 Å². The molecule has 3 rings (SSSR count). The summed E-state index contributed by atoms with van der Waals surface area (Å²) >= 11 is 0. The van der Waals surface area contributed by atoms with Gasteiger partial charge in [-0.2, -0.15) is 0 Å². The summed E-state index contributed by atoms with van der Waals surface area (Å²) in [7, 11) is 4.85. The van der Waals surface area contributed by atoms with Gasteiger partial charge in [0.15, 0.2) is 11.2 Å². The average molecular weight is 289 g/mol. The number of likely N-dealkylation sites (tertiary alicyclic amines) is 1. The number of rotatable bonds is 2. The molecule has 112 valence electrons. The van der Waals surface area contributed by atoms with Crippen molar-refractivity contribution < 1.29 is 19.1 Å². The van der Waals surface area contributed by atoms with Crippen molar-refractivity contribution in [1.82, 2.24) is 4.90 Å². The highest BCUT2D eigenvalue weighted by atomic mass is 16.5. The molecule has 2 atom stereocenters. The number of carbonyl (C=O) groups excluding carboxylic acids is 2. The van der Waals surface area contributed by atoms with E-state index in [2.05, 4.69) is 0 Å². The van der Waals surface area contributed by atoms with E-state index in [0.717, 1.165) is 11.1 Å². The third-order valence-corrected chi connectivity index (χ3v) is 4.82. The Labute approximate surface area is 123 Å². The summed E-state index contributed by atoms with van der Waals surface area (Å²) < 4.78 is 10.2. The largest absolute Gasteiger partial charge is 0.497 e. The maximum Gasteiger partial charge on any atom is 0.324 e. The molecule has 1 aromatic carbocycles. The van der Waals surface area contributed by atoms with Crippen LogP contribution in [0.4, 0.5) is 0 Å². The summed E-state index contributed by atoms with van der Waals surface area (Å²) in [5, 5.41) is 0. The normalized spacial score (nSPS) is 28.0. The molecule has 1 heterocycles. The van der Waals surface area contributed by atoms with Gasteiger partial charge in [0.1, 0.15) is 5.75 Å². The van der Waals surface area contributed by atoms with Gasteiger partial charge in [-0.05, 0) is 43.1 Å². The van der Waals surface area contributed by atoms with Crippen LogP contribution in [0.2, 0.25) is 0 Å². The van der Waals surface area contributed by atoms with E-state index in [1.165, 1.54) is 7.11 Å². The molecule has 5 heteroatoms. The Hall–Kier alpha value is -1.88. The first-order valence-electron chi connectivity index (χ1n) is 7.05. The van der Waals surface area contributed by atoms with Crippen molar-refractivity contribution in [2.75, 3.05) is 27.8 Å². The molecule has 0 saturated carbocycles. The smallest absolute Gasteiger partial charge is 0.324 e. The number of likely N-dealkylation sites (N-methyl/N-ethyl adjacent to an activating group) is 1. The first kappa shape index (κ1) is 14.1. The number of esters is 1. The Morgan fingerprint density at radius 2 is 2.14 bits per heavy atom. The zero-order chi connectivity index (χ0) is 15.2. The molecular weight excluding hydrogens is 270 g/mol. The van der Waals surface area contributed by atoms with Crippen molar-refractivity contribution in [3.8, 4) is 5.75 Å². The molecule has 0 N–H and O–H groups in total. The maximum atomic E-state index is 12.9. The Kier molecular flexibility index (Phi) is 3.24. The van der Waals surface area contributed by atoms with Crippen LogP contribution in [0.1, 0.15) is 17.5 Å². The third kappa shape index (κ3) is 1.80. The molecule has 0 amide bonds. The number of methoxy groups -OCH3 is 2. The molecule has 2 aliphatic rings. The average Bonchev–Trinajstić information content (AvgIpc) is 2.50. The van der Waals surface area contributed by atoms with Crippen molar-refractivity contribution in [2.45, 2.75) is 24.3 Å². The van der Waals surface area contributed by atoms with Gasteiger partial charge >= 0.3 is 5.97 Å². The number of nitrogens with zero attached hydrogens (tertiary/aromatic N) is 1. The number of Topliss-reactive ketones (excluding diaryl/α,β-unsaturated/α-hetero) is 1. The first-order chi connectivity index (χ1) is 10.0. The first-order valence-corrected chi connectivity index (χ1v) is 7.05. The van der Waals surface area contributed by atoms with Crippen molar-refractivity contribution in [3.63, 3.8) is 0 Å². The molecule has 2 unspecified atom stereocenters. The second-order valence-electron chi connectivity index (χ2n) is 5.73. The van der Waals surface area contributed by atoms with Crippen LogP contribution in [0.15, 0.2) is 18.2 Å². The fraction of sp³-hybridized carbons (Fsp3) is 0.500. The van der Waals surface area contributed by atoms with E-state index in [4.69, 9.17) is 9.47 Å². The molecule has 0 radical (unpaired) electrons. The summed E-state index contributed by atoms with van der Waals surface area (Å²) in [6.45, 7) is 0.697. The minimum Gasteiger partial charge on any atom is -0.497 e. The van der Waals surface area contributed by atoms with E-state index >= 15 is 0 Å². The number of ether oxygens (including phenoxy) is 2. The van der Waals surface area contributed by atoms with E-state index < -0.39 is 11.4 Å². The van der Waals surface area contributed by atoms with Crippen LogP contribution in [0, 0.1) is 0 Å². The van der Waals surface area contributed by atoms with Crippen molar-refractivity contribution in [2.24, 2.45) is 0 Å². The summed E-state index contributed by atoms with van der Waals surface area (Å²) in [6.07, 6.45) is 1.08. The molecule has 1 aromatic rings. The Morgan fingerprint density at radius 3 is 2.81 bits per heavy atom. The summed E-state index contributed by atoms with van der Waals surface area (Å²) in [5.41, 5.74) is 0.606. The molecule has 21 heavy (non-hydrogen) atoms. The van der Waals surface area contributed by atoms with Gasteiger partial charge in [-0.1, -0.05) is 6.07 Å². The van der Waals surface area contributed by atoms with E-state index in [1.807, 2.05) is 30.1 Å². The van der Waals surface area contributed by atoms with Crippen LogP contribution < -0.4 is 4.74 Å². The summed E-state index contributed by atoms with van der Waals surface area (Å²) in [5.74, 6) is 0.144. The van der Waals surface area contributed by atoms with Crippen molar-refractivity contribution in [3.05, 3.63) is 29.3 Å². The van der Waals surface area contributed by atoms with Gasteiger partial charge in [0.25, 0.3) is 0 Å². The van der Waals surface area contributed by atoms with E-state index in [9.17, 15) is 9.59 Å². The van der Waals surface area contributed by atoms with Gasteiger partial charge in [-0.3, -0.25) is 14.5 Å². The minimum atomic E-state index is -1.17. The van der Waals surface area contributed by atoms with E-state index in [-0.39, 0.29) is 11.8 Å². The predicted molar refractivity (Wildman–Crippen MR) is 76.4 cm³/mol. The van der Waals surface area contributed by atoms with Crippen LogP contribution in [-0.2, 0) is 26.2 Å². The van der Waals surface area contributed by atoms with Crippen LogP contribution >= 0.6 is 0 Å². The number of piperidine rings is 1. The highest BCUT2D eigenvalue weighted by Gasteiger charge is 2.57. The van der Waals surface area contributed by atoms with Crippen LogP contribution in [0.3, 0.4) is 0 Å². The Bertz CT molecular complexity index is 612. The molecule has 0 aromatic heterocycles.